The van der Waals surface area contributed by atoms with Gasteiger partial charge in [0.15, 0.2) is 0 Å². The fraction of sp³-hybridized carbons (Fsp3) is 0.667. The summed E-state index contributed by atoms with van der Waals surface area (Å²) in [6.45, 7) is 3.48. The Kier molecular flexibility index (Phi) is 10.4. The number of amides is 4. The lowest BCUT2D eigenvalue weighted by atomic mass is 10.0. The minimum atomic E-state index is -1.25. The molecule has 148 valence electrons. The minimum Gasteiger partial charge on any atom is -0.481 e. The maximum atomic E-state index is 12.3. The third-order valence-corrected chi connectivity index (χ3v) is 3.41. The Morgan fingerprint density at radius 3 is 2.08 bits per heavy atom. The van der Waals surface area contributed by atoms with Crippen molar-refractivity contribution < 1.29 is 34.2 Å². The van der Waals surface area contributed by atoms with Gasteiger partial charge in [-0.15, -0.1) is 0 Å². The highest BCUT2D eigenvalue weighted by atomic mass is 16.4. The summed E-state index contributed by atoms with van der Waals surface area (Å²) in [6.07, 6.45) is -0.327. The molecular formula is C15H26N4O7. The molecule has 11 nitrogen and oxygen atoms in total. The first-order valence-corrected chi connectivity index (χ1v) is 8.12. The number of carboxylic acid groups (broad SMARTS) is 2. The van der Waals surface area contributed by atoms with E-state index in [2.05, 4.69) is 16.0 Å². The molecule has 26 heavy (non-hydrogen) atoms. The summed E-state index contributed by atoms with van der Waals surface area (Å²) in [4.78, 5) is 56.4. The van der Waals surface area contributed by atoms with Crippen LogP contribution in [0.25, 0.3) is 0 Å². The van der Waals surface area contributed by atoms with Gasteiger partial charge in [0.2, 0.25) is 11.8 Å². The van der Waals surface area contributed by atoms with Crippen LogP contribution in [0.3, 0.4) is 0 Å². The van der Waals surface area contributed by atoms with Crippen LogP contribution in [0.2, 0.25) is 0 Å². The Morgan fingerprint density at radius 2 is 1.62 bits per heavy atom. The summed E-state index contributed by atoms with van der Waals surface area (Å²) in [5.41, 5.74) is 4.90. The average Bonchev–Trinajstić information content (AvgIpc) is 2.52. The topological polar surface area (TPSA) is 188 Å². The van der Waals surface area contributed by atoms with E-state index in [9.17, 15) is 29.1 Å². The lowest BCUT2D eigenvalue weighted by Crippen LogP contribution is -2.53. The highest BCUT2D eigenvalue weighted by Crippen LogP contribution is 2.05. The maximum absolute atomic E-state index is 12.3. The van der Waals surface area contributed by atoms with E-state index in [1.54, 1.807) is 13.8 Å². The zero-order chi connectivity index (χ0) is 20.3. The van der Waals surface area contributed by atoms with Crippen molar-refractivity contribution in [3.05, 3.63) is 0 Å². The molecule has 0 bridgehead atoms. The fourth-order valence-electron chi connectivity index (χ4n) is 2.04. The van der Waals surface area contributed by atoms with Crippen molar-refractivity contribution in [3.8, 4) is 0 Å². The van der Waals surface area contributed by atoms with Gasteiger partial charge < -0.3 is 31.9 Å². The molecule has 0 aromatic rings. The molecule has 0 aromatic heterocycles. The first kappa shape index (κ1) is 23.1. The Bertz CT molecular complexity index is 536. The second-order valence-corrected chi connectivity index (χ2v) is 6.02. The molecule has 0 fully saturated rings. The Morgan fingerprint density at radius 1 is 1.00 bits per heavy atom. The van der Waals surface area contributed by atoms with Gasteiger partial charge in [-0.3, -0.25) is 14.4 Å². The predicted octanol–water partition coefficient (Wildman–Crippen LogP) is -0.990. The maximum Gasteiger partial charge on any atom is 0.326 e. The van der Waals surface area contributed by atoms with E-state index in [4.69, 9.17) is 10.8 Å². The van der Waals surface area contributed by atoms with Crippen LogP contribution < -0.4 is 21.7 Å². The molecule has 0 heterocycles. The van der Waals surface area contributed by atoms with Crippen LogP contribution in [0.4, 0.5) is 4.79 Å². The van der Waals surface area contributed by atoms with Crippen molar-refractivity contribution in [2.24, 2.45) is 11.7 Å². The lowest BCUT2D eigenvalue weighted by Gasteiger charge is -2.24. The van der Waals surface area contributed by atoms with E-state index < -0.39 is 41.9 Å². The Balaban J connectivity index is 4.71. The molecule has 7 N–H and O–H groups in total. The monoisotopic (exact) mass is 374 g/mol. The van der Waals surface area contributed by atoms with E-state index in [0.29, 0.717) is 0 Å². The number of rotatable bonds is 12. The summed E-state index contributed by atoms with van der Waals surface area (Å²) in [5, 5.41) is 24.8. The highest BCUT2D eigenvalue weighted by molar-refractivity contribution is 5.91. The molecule has 0 aliphatic heterocycles. The van der Waals surface area contributed by atoms with E-state index >= 15 is 0 Å². The molecular weight excluding hydrogens is 348 g/mol. The molecule has 4 amide bonds. The summed E-state index contributed by atoms with van der Waals surface area (Å²) in [7, 11) is 0. The zero-order valence-corrected chi connectivity index (χ0v) is 14.8. The number of carboxylic acids is 2. The summed E-state index contributed by atoms with van der Waals surface area (Å²) < 4.78 is 0. The third-order valence-electron chi connectivity index (χ3n) is 3.41. The normalized spacial score (nSPS) is 12.7. The lowest BCUT2D eigenvalue weighted by molar-refractivity contribution is -0.143. The summed E-state index contributed by atoms with van der Waals surface area (Å²) in [6, 6.07) is -2.93. The van der Waals surface area contributed by atoms with Gasteiger partial charge in [-0.25, -0.2) is 9.59 Å². The number of hydrogen-bond donors (Lipinski definition) is 6. The van der Waals surface area contributed by atoms with Gasteiger partial charge in [-0.05, 0) is 18.8 Å². The Hall–Kier alpha value is -2.85. The van der Waals surface area contributed by atoms with Gasteiger partial charge in [0.1, 0.15) is 12.1 Å². The number of aliphatic carboxylic acids is 2. The quantitative estimate of drug-likeness (QED) is 0.236. The van der Waals surface area contributed by atoms with Crippen molar-refractivity contribution in [2.45, 2.75) is 51.6 Å². The Labute approximate surface area is 150 Å². The van der Waals surface area contributed by atoms with Crippen molar-refractivity contribution in [1.82, 2.24) is 16.0 Å². The molecule has 11 heteroatoms. The van der Waals surface area contributed by atoms with Crippen LogP contribution in [0.1, 0.15) is 39.5 Å². The number of hydrogen-bond acceptors (Lipinski definition) is 5. The first-order chi connectivity index (χ1) is 12.0. The molecule has 0 aliphatic rings. The second-order valence-electron chi connectivity index (χ2n) is 6.02. The van der Waals surface area contributed by atoms with Crippen LogP contribution in [0, 0.1) is 5.92 Å². The van der Waals surface area contributed by atoms with Crippen molar-refractivity contribution >= 4 is 29.8 Å². The zero-order valence-electron chi connectivity index (χ0n) is 14.8. The van der Waals surface area contributed by atoms with Gasteiger partial charge in [0.25, 0.3) is 0 Å². The number of urea groups is 1. The fourth-order valence-corrected chi connectivity index (χ4v) is 2.04. The number of carbonyl (C=O) groups excluding carboxylic acids is 3. The van der Waals surface area contributed by atoms with Crippen LogP contribution in [0.5, 0.6) is 0 Å². The van der Waals surface area contributed by atoms with Gasteiger partial charge in [-0.2, -0.15) is 0 Å². The molecule has 0 aliphatic carbocycles. The standard InChI is InChI=1S/C15H26N4O7/c1-8(2)12(19-10(20)5-6-11(21)22)13(23)18-9(14(24)25)4-3-7-17-15(16)26/h8-9,12H,3-7H2,1-2H3,(H,18,23)(H,19,20)(H,21,22)(H,24,25)(H3,16,17,26)/t9-,12-/m0/s1. The first-order valence-electron chi connectivity index (χ1n) is 8.12. The van der Waals surface area contributed by atoms with Crippen LogP contribution >= 0.6 is 0 Å². The third kappa shape index (κ3) is 10.1. The van der Waals surface area contributed by atoms with E-state index in [-0.39, 0.29) is 38.1 Å². The molecule has 0 rings (SSSR count). The smallest absolute Gasteiger partial charge is 0.326 e. The van der Waals surface area contributed by atoms with Gasteiger partial charge >= 0.3 is 18.0 Å². The van der Waals surface area contributed by atoms with Gasteiger partial charge in [0.05, 0.1) is 6.42 Å². The molecule has 0 saturated carbocycles. The van der Waals surface area contributed by atoms with E-state index in [0.717, 1.165) is 0 Å². The predicted molar refractivity (Wildman–Crippen MR) is 90.0 cm³/mol. The summed E-state index contributed by atoms with van der Waals surface area (Å²) >= 11 is 0. The van der Waals surface area contributed by atoms with Crippen LogP contribution in [0.15, 0.2) is 0 Å². The molecule has 0 spiro atoms. The largest absolute Gasteiger partial charge is 0.481 e. The number of nitrogens with two attached hydrogens (primary N) is 1. The number of nitrogens with one attached hydrogen (secondary N) is 3. The molecule has 0 radical (unpaired) electrons. The molecule has 2 atom stereocenters. The van der Waals surface area contributed by atoms with Crippen molar-refractivity contribution in [2.75, 3.05) is 6.54 Å². The number of carbonyl (C=O) groups is 5. The van der Waals surface area contributed by atoms with Crippen molar-refractivity contribution in [1.29, 1.82) is 0 Å². The van der Waals surface area contributed by atoms with Crippen molar-refractivity contribution in [3.63, 3.8) is 0 Å². The average molecular weight is 374 g/mol. The second kappa shape index (κ2) is 11.7. The number of primary amides is 1. The van der Waals surface area contributed by atoms with E-state index in [1.807, 2.05) is 0 Å². The minimum absolute atomic E-state index is 0.0547. The SMILES string of the molecule is CC(C)[C@H](NC(=O)CCC(=O)O)C(=O)N[C@@H](CCCNC(N)=O)C(=O)O. The van der Waals surface area contributed by atoms with Crippen LogP contribution in [-0.2, 0) is 19.2 Å². The molecule has 0 aromatic carbocycles. The highest BCUT2D eigenvalue weighted by Gasteiger charge is 2.28. The molecule has 0 saturated heterocycles. The molecule has 0 unspecified atom stereocenters. The van der Waals surface area contributed by atoms with E-state index in [1.165, 1.54) is 0 Å². The van der Waals surface area contributed by atoms with Gasteiger partial charge in [-0.1, -0.05) is 13.8 Å². The van der Waals surface area contributed by atoms with Gasteiger partial charge in [0, 0.05) is 13.0 Å². The summed E-state index contributed by atoms with van der Waals surface area (Å²) in [5.74, 6) is -4.02. The van der Waals surface area contributed by atoms with Crippen LogP contribution in [-0.4, -0.2) is 58.6 Å².